The van der Waals surface area contributed by atoms with Crippen LogP contribution in [0.1, 0.15) is 37.8 Å². The molecule has 0 aliphatic carbocycles. The van der Waals surface area contributed by atoms with E-state index in [2.05, 4.69) is 11.8 Å². The molecule has 1 aliphatic heterocycles. The summed E-state index contributed by atoms with van der Waals surface area (Å²) in [5, 5.41) is 18.2. The molecule has 2 rings (SSSR count). The van der Waals surface area contributed by atoms with Gasteiger partial charge in [0.15, 0.2) is 0 Å². The average molecular weight is 263 g/mol. The van der Waals surface area contributed by atoms with E-state index in [0.717, 1.165) is 25.9 Å². The van der Waals surface area contributed by atoms with Gasteiger partial charge in [-0.1, -0.05) is 19.1 Å². The maximum Gasteiger partial charge on any atom is 0.303 e. The van der Waals surface area contributed by atoms with Crippen molar-refractivity contribution in [3.05, 3.63) is 29.8 Å². The van der Waals surface area contributed by atoms with Crippen LogP contribution in [0.2, 0.25) is 0 Å². The van der Waals surface area contributed by atoms with E-state index in [-0.39, 0.29) is 18.1 Å². The molecular formula is C15H21NO3. The lowest BCUT2D eigenvalue weighted by Crippen LogP contribution is -2.26. The van der Waals surface area contributed by atoms with Crippen molar-refractivity contribution in [2.75, 3.05) is 13.1 Å². The Kier molecular flexibility index (Phi) is 4.43. The van der Waals surface area contributed by atoms with E-state index in [1.165, 1.54) is 5.56 Å². The molecule has 4 heteroatoms. The molecule has 104 valence electrons. The third kappa shape index (κ3) is 3.47. The van der Waals surface area contributed by atoms with Gasteiger partial charge in [0.05, 0.1) is 0 Å². The first-order chi connectivity index (χ1) is 9.10. The second-order valence-electron chi connectivity index (χ2n) is 5.26. The van der Waals surface area contributed by atoms with Crippen LogP contribution in [0.3, 0.4) is 0 Å². The molecule has 1 aromatic rings. The Balaban J connectivity index is 2.03. The molecule has 1 aromatic carbocycles. The van der Waals surface area contributed by atoms with Gasteiger partial charge in [-0.25, -0.2) is 0 Å². The van der Waals surface area contributed by atoms with Crippen molar-refractivity contribution in [3.8, 4) is 5.75 Å². The Labute approximate surface area is 113 Å². The molecule has 4 nitrogen and oxygen atoms in total. The summed E-state index contributed by atoms with van der Waals surface area (Å²) in [5.41, 5.74) is 1.19. The van der Waals surface area contributed by atoms with E-state index in [1.54, 1.807) is 12.1 Å². The summed E-state index contributed by atoms with van der Waals surface area (Å²) >= 11 is 0. The average Bonchev–Trinajstić information content (AvgIpc) is 2.80. The minimum absolute atomic E-state index is 0.266. The zero-order valence-electron chi connectivity index (χ0n) is 11.2. The quantitative estimate of drug-likeness (QED) is 0.857. The smallest absolute Gasteiger partial charge is 0.303 e. The van der Waals surface area contributed by atoms with Gasteiger partial charge in [-0.3, -0.25) is 9.69 Å². The van der Waals surface area contributed by atoms with Crippen LogP contribution in [0.15, 0.2) is 24.3 Å². The molecule has 0 amide bonds. The number of benzene rings is 1. The second kappa shape index (κ2) is 6.06. The van der Waals surface area contributed by atoms with Crippen molar-refractivity contribution < 1.29 is 15.0 Å². The molecule has 0 spiro atoms. The fourth-order valence-electron chi connectivity index (χ4n) is 2.96. The third-order valence-corrected chi connectivity index (χ3v) is 3.89. The number of rotatable bonds is 5. The van der Waals surface area contributed by atoms with Gasteiger partial charge in [-0.05, 0) is 43.0 Å². The van der Waals surface area contributed by atoms with Crippen molar-refractivity contribution in [2.45, 2.75) is 32.2 Å². The molecule has 1 saturated heterocycles. The van der Waals surface area contributed by atoms with Crippen LogP contribution in [-0.2, 0) is 4.79 Å². The van der Waals surface area contributed by atoms with Crippen LogP contribution in [0.25, 0.3) is 0 Å². The lowest BCUT2D eigenvalue weighted by Gasteiger charge is -2.27. The number of carboxylic acids is 1. The Morgan fingerprint density at radius 3 is 2.68 bits per heavy atom. The number of phenols is 1. The first-order valence-corrected chi connectivity index (χ1v) is 6.85. The van der Waals surface area contributed by atoms with Gasteiger partial charge in [-0.2, -0.15) is 0 Å². The summed E-state index contributed by atoms with van der Waals surface area (Å²) in [6.07, 6.45) is 2.22. The molecule has 2 unspecified atom stereocenters. The third-order valence-electron chi connectivity index (χ3n) is 3.89. The topological polar surface area (TPSA) is 60.8 Å². The van der Waals surface area contributed by atoms with E-state index in [1.807, 2.05) is 12.1 Å². The highest BCUT2D eigenvalue weighted by atomic mass is 16.4. The maximum atomic E-state index is 10.8. The second-order valence-corrected chi connectivity index (χ2v) is 5.26. The predicted molar refractivity (Wildman–Crippen MR) is 73.1 cm³/mol. The van der Waals surface area contributed by atoms with Crippen molar-refractivity contribution in [2.24, 2.45) is 5.92 Å². The van der Waals surface area contributed by atoms with Gasteiger partial charge in [0, 0.05) is 19.0 Å². The highest BCUT2D eigenvalue weighted by Gasteiger charge is 2.29. The van der Waals surface area contributed by atoms with Crippen molar-refractivity contribution >= 4 is 5.97 Å². The molecule has 2 atom stereocenters. The predicted octanol–water partition coefficient (Wildman–Crippen LogP) is 2.64. The number of hydrogen-bond acceptors (Lipinski definition) is 3. The van der Waals surface area contributed by atoms with Crippen molar-refractivity contribution in [1.29, 1.82) is 0 Å². The number of hydrogen-bond donors (Lipinski definition) is 2. The fraction of sp³-hybridized carbons (Fsp3) is 0.533. The van der Waals surface area contributed by atoms with E-state index in [4.69, 9.17) is 5.11 Å². The lowest BCUT2D eigenvalue weighted by atomic mass is 10.0. The molecule has 1 heterocycles. The van der Waals surface area contributed by atoms with E-state index >= 15 is 0 Å². The van der Waals surface area contributed by atoms with Crippen LogP contribution in [0, 0.1) is 5.92 Å². The minimum Gasteiger partial charge on any atom is -0.508 e. The van der Waals surface area contributed by atoms with Gasteiger partial charge < -0.3 is 10.2 Å². The van der Waals surface area contributed by atoms with Crippen LogP contribution >= 0.6 is 0 Å². The summed E-state index contributed by atoms with van der Waals surface area (Å²) < 4.78 is 0. The molecule has 2 N–H and O–H groups in total. The van der Waals surface area contributed by atoms with Crippen LogP contribution in [0.4, 0.5) is 0 Å². The number of aliphatic carboxylic acids is 1. The van der Waals surface area contributed by atoms with Gasteiger partial charge >= 0.3 is 5.97 Å². The van der Waals surface area contributed by atoms with E-state index < -0.39 is 5.97 Å². The Morgan fingerprint density at radius 1 is 1.42 bits per heavy atom. The van der Waals surface area contributed by atoms with Crippen LogP contribution in [0.5, 0.6) is 5.75 Å². The summed E-state index contributed by atoms with van der Waals surface area (Å²) in [7, 11) is 0. The number of carbonyl (C=O) groups is 1. The van der Waals surface area contributed by atoms with Gasteiger partial charge in [0.1, 0.15) is 5.75 Å². The Hall–Kier alpha value is -1.55. The highest BCUT2D eigenvalue weighted by molar-refractivity contribution is 5.67. The molecule has 0 saturated carbocycles. The molecule has 0 radical (unpaired) electrons. The number of likely N-dealkylation sites (tertiary alicyclic amines) is 1. The molecular weight excluding hydrogens is 242 g/mol. The zero-order chi connectivity index (χ0) is 13.8. The van der Waals surface area contributed by atoms with Gasteiger partial charge in [-0.15, -0.1) is 0 Å². The minimum atomic E-state index is -0.704. The molecule has 1 fully saturated rings. The Bertz CT molecular complexity index is 430. The van der Waals surface area contributed by atoms with Gasteiger partial charge in [0.25, 0.3) is 0 Å². The largest absolute Gasteiger partial charge is 0.508 e. The number of nitrogens with zero attached hydrogens (tertiary/aromatic N) is 1. The SMILES string of the molecule is CCC(c1ccc(O)cc1)N1CCC(CC(=O)O)C1. The first-order valence-electron chi connectivity index (χ1n) is 6.85. The van der Waals surface area contributed by atoms with Crippen LogP contribution in [-0.4, -0.2) is 34.2 Å². The first kappa shape index (κ1) is 13.9. The number of carboxylic acid groups (broad SMARTS) is 1. The number of phenolic OH excluding ortho intramolecular Hbond substituents is 1. The highest BCUT2D eigenvalue weighted by Crippen LogP contribution is 2.31. The Morgan fingerprint density at radius 2 is 2.11 bits per heavy atom. The van der Waals surface area contributed by atoms with Gasteiger partial charge in [0.2, 0.25) is 0 Å². The van der Waals surface area contributed by atoms with E-state index in [0.29, 0.717) is 6.04 Å². The molecule has 19 heavy (non-hydrogen) atoms. The monoisotopic (exact) mass is 263 g/mol. The molecule has 0 bridgehead atoms. The van der Waals surface area contributed by atoms with Crippen LogP contribution < -0.4 is 0 Å². The zero-order valence-corrected chi connectivity index (χ0v) is 11.2. The normalized spacial score (nSPS) is 21.4. The summed E-state index contributed by atoms with van der Waals surface area (Å²) in [6, 6.07) is 7.65. The summed E-state index contributed by atoms with van der Waals surface area (Å²) in [4.78, 5) is 13.1. The summed E-state index contributed by atoms with van der Waals surface area (Å²) in [6.45, 7) is 3.95. The fourth-order valence-corrected chi connectivity index (χ4v) is 2.96. The standard InChI is InChI=1S/C15H21NO3/c1-2-14(12-3-5-13(17)6-4-12)16-8-7-11(10-16)9-15(18)19/h3-6,11,14,17H,2,7-10H2,1H3,(H,18,19). The van der Waals surface area contributed by atoms with E-state index in [9.17, 15) is 9.90 Å². The van der Waals surface area contributed by atoms with Crippen molar-refractivity contribution in [1.82, 2.24) is 4.90 Å². The molecule has 1 aliphatic rings. The maximum absolute atomic E-state index is 10.8. The lowest BCUT2D eigenvalue weighted by molar-refractivity contribution is -0.138. The summed E-state index contributed by atoms with van der Waals surface area (Å²) in [5.74, 6) is -0.156. The molecule has 0 aromatic heterocycles. The number of aromatic hydroxyl groups is 1. The van der Waals surface area contributed by atoms with Crippen molar-refractivity contribution in [3.63, 3.8) is 0 Å².